The van der Waals surface area contributed by atoms with E-state index in [9.17, 15) is 9.59 Å². The SMILES string of the molecule is CSc1ncc(-c2ccc3ncc4c(c3n2)N(C2CCN(C(C)=O)CC2)C(=O)N(C)C4)cn1. The lowest BCUT2D eigenvalue weighted by Crippen LogP contribution is -2.54. The number of aromatic nitrogens is 4. The second kappa shape index (κ2) is 8.58. The van der Waals surface area contributed by atoms with Crippen LogP contribution in [0.3, 0.4) is 0 Å². The molecule has 0 radical (unpaired) electrons. The highest BCUT2D eigenvalue weighted by Crippen LogP contribution is 2.37. The van der Waals surface area contributed by atoms with Crippen LogP contribution in [0.15, 0.2) is 35.9 Å². The minimum atomic E-state index is -0.0452. The van der Waals surface area contributed by atoms with E-state index in [4.69, 9.17) is 4.98 Å². The van der Waals surface area contributed by atoms with Crippen LogP contribution in [-0.4, -0.2) is 74.1 Å². The number of urea groups is 1. The smallest absolute Gasteiger partial charge is 0.324 e. The molecule has 0 unspecified atom stereocenters. The molecule has 1 saturated heterocycles. The maximum atomic E-state index is 13.4. The number of carbonyl (C=O) groups is 2. The summed E-state index contributed by atoms with van der Waals surface area (Å²) in [5.41, 5.74) is 4.79. The van der Waals surface area contributed by atoms with Crippen LogP contribution in [0, 0.1) is 0 Å². The van der Waals surface area contributed by atoms with Crippen molar-refractivity contribution in [1.82, 2.24) is 29.7 Å². The first-order valence-electron chi connectivity index (χ1n) is 10.9. The van der Waals surface area contributed by atoms with E-state index in [0.29, 0.717) is 30.3 Å². The standard InChI is InChI=1S/C23H25N7O2S/c1-14(31)29-8-6-17(7-9-29)30-21-16(13-28(2)23(30)32)12-24-19-5-4-18(27-20(19)21)15-10-25-22(33-3)26-11-15/h4-5,10-12,17H,6-9,13H2,1-3H3. The predicted octanol–water partition coefficient (Wildman–Crippen LogP) is 3.19. The highest BCUT2D eigenvalue weighted by atomic mass is 32.2. The molecule has 3 aromatic heterocycles. The first-order valence-corrected chi connectivity index (χ1v) is 12.1. The summed E-state index contributed by atoms with van der Waals surface area (Å²) in [6, 6.07) is 3.79. The number of pyridine rings is 2. The molecule has 2 aliphatic heterocycles. The number of carbonyl (C=O) groups excluding carboxylic acids is 2. The summed E-state index contributed by atoms with van der Waals surface area (Å²) in [4.78, 5) is 48.9. The van der Waals surface area contributed by atoms with Crippen molar-refractivity contribution in [3.8, 4) is 11.3 Å². The Morgan fingerprint density at radius 2 is 1.82 bits per heavy atom. The Balaban J connectivity index is 1.59. The molecule has 0 aliphatic carbocycles. The zero-order chi connectivity index (χ0) is 23.1. The molecule has 5 rings (SSSR count). The summed E-state index contributed by atoms with van der Waals surface area (Å²) >= 11 is 1.49. The molecule has 3 amide bonds. The fraction of sp³-hybridized carbons (Fsp3) is 0.391. The molecule has 170 valence electrons. The van der Waals surface area contributed by atoms with Gasteiger partial charge in [-0.1, -0.05) is 11.8 Å². The summed E-state index contributed by atoms with van der Waals surface area (Å²) in [7, 11) is 1.81. The Kier molecular flexibility index (Phi) is 5.61. The van der Waals surface area contributed by atoms with Crippen molar-refractivity contribution in [3.63, 3.8) is 0 Å². The Labute approximate surface area is 196 Å². The fourth-order valence-corrected chi connectivity index (χ4v) is 4.89. The Bertz CT molecular complexity index is 1230. The van der Waals surface area contributed by atoms with Crippen LogP contribution in [0.4, 0.5) is 10.5 Å². The van der Waals surface area contributed by atoms with Gasteiger partial charge in [-0.3, -0.25) is 14.7 Å². The lowest BCUT2D eigenvalue weighted by atomic mass is 9.99. The average Bonchev–Trinajstić information content (AvgIpc) is 2.84. The number of fused-ring (bicyclic) bond motifs is 3. The van der Waals surface area contributed by atoms with Crippen LogP contribution >= 0.6 is 11.8 Å². The van der Waals surface area contributed by atoms with Crippen LogP contribution in [0.5, 0.6) is 0 Å². The first-order chi connectivity index (χ1) is 16.0. The van der Waals surface area contributed by atoms with Crippen molar-refractivity contribution >= 4 is 40.4 Å². The van der Waals surface area contributed by atoms with Crippen molar-refractivity contribution in [2.75, 3.05) is 31.3 Å². The third-order valence-electron chi connectivity index (χ3n) is 6.32. The van der Waals surface area contributed by atoms with Gasteiger partial charge in [0.25, 0.3) is 0 Å². The highest BCUT2D eigenvalue weighted by molar-refractivity contribution is 7.98. The molecule has 10 heteroatoms. The van der Waals surface area contributed by atoms with Crippen LogP contribution in [0.1, 0.15) is 25.3 Å². The van der Waals surface area contributed by atoms with Gasteiger partial charge in [0.15, 0.2) is 5.16 Å². The zero-order valence-electron chi connectivity index (χ0n) is 18.9. The van der Waals surface area contributed by atoms with Gasteiger partial charge in [0.05, 0.1) is 23.4 Å². The van der Waals surface area contributed by atoms with E-state index in [1.165, 1.54) is 11.8 Å². The van der Waals surface area contributed by atoms with E-state index in [2.05, 4.69) is 15.0 Å². The van der Waals surface area contributed by atoms with Crippen molar-refractivity contribution in [1.29, 1.82) is 0 Å². The second-order valence-electron chi connectivity index (χ2n) is 8.40. The molecule has 9 nitrogen and oxygen atoms in total. The van der Waals surface area contributed by atoms with E-state index < -0.39 is 0 Å². The molecule has 3 aromatic rings. The number of anilines is 1. The van der Waals surface area contributed by atoms with E-state index >= 15 is 0 Å². The number of amides is 3. The van der Waals surface area contributed by atoms with Gasteiger partial charge in [0.2, 0.25) is 5.91 Å². The van der Waals surface area contributed by atoms with Crippen LogP contribution in [0.2, 0.25) is 0 Å². The number of nitrogens with zero attached hydrogens (tertiary/aromatic N) is 7. The van der Waals surface area contributed by atoms with Gasteiger partial charge in [-0.2, -0.15) is 0 Å². The molecule has 2 aliphatic rings. The highest BCUT2D eigenvalue weighted by Gasteiger charge is 2.37. The maximum Gasteiger partial charge on any atom is 0.324 e. The topological polar surface area (TPSA) is 95.4 Å². The predicted molar refractivity (Wildman–Crippen MR) is 127 cm³/mol. The van der Waals surface area contributed by atoms with Crippen molar-refractivity contribution in [2.45, 2.75) is 37.5 Å². The van der Waals surface area contributed by atoms with Crippen LogP contribution < -0.4 is 4.90 Å². The normalized spacial score (nSPS) is 16.9. The number of thioether (sulfide) groups is 1. The molecule has 0 saturated carbocycles. The molecular formula is C23H25N7O2S. The number of rotatable bonds is 3. The minimum absolute atomic E-state index is 0.00477. The number of hydrogen-bond donors (Lipinski definition) is 0. The molecule has 5 heterocycles. The molecule has 0 N–H and O–H groups in total. The van der Waals surface area contributed by atoms with E-state index in [-0.39, 0.29) is 18.0 Å². The van der Waals surface area contributed by atoms with E-state index in [1.54, 1.807) is 24.2 Å². The maximum absolute atomic E-state index is 13.4. The van der Waals surface area contributed by atoms with Gasteiger partial charge in [-0.05, 0) is 31.2 Å². The first kappa shape index (κ1) is 21.6. The van der Waals surface area contributed by atoms with Crippen LogP contribution in [0.25, 0.3) is 22.3 Å². The summed E-state index contributed by atoms with van der Waals surface area (Å²) in [5.74, 6) is 0.0756. The van der Waals surface area contributed by atoms with Crippen molar-refractivity contribution in [2.24, 2.45) is 0 Å². The van der Waals surface area contributed by atoms with Gasteiger partial charge in [-0.15, -0.1) is 0 Å². The second-order valence-corrected chi connectivity index (χ2v) is 9.17. The fourth-order valence-electron chi connectivity index (χ4n) is 4.57. The molecule has 0 atom stereocenters. The van der Waals surface area contributed by atoms with E-state index in [0.717, 1.165) is 40.9 Å². The molecule has 1 fully saturated rings. The quantitative estimate of drug-likeness (QED) is 0.435. The van der Waals surface area contributed by atoms with Gasteiger partial charge < -0.3 is 9.80 Å². The molecular weight excluding hydrogens is 438 g/mol. The summed E-state index contributed by atoms with van der Waals surface area (Å²) in [6.45, 7) is 3.36. The monoisotopic (exact) mass is 463 g/mol. The summed E-state index contributed by atoms with van der Waals surface area (Å²) in [6.07, 6.45) is 8.77. The third-order valence-corrected chi connectivity index (χ3v) is 6.90. The van der Waals surface area contributed by atoms with Gasteiger partial charge in [0.1, 0.15) is 5.52 Å². The molecule has 33 heavy (non-hydrogen) atoms. The lowest BCUT2D eigenvalue weighted by Gasteiger charge is -2.43. The molecule has 0 spiro atoms. The van der Waals surface area contributed by atoms with Crippen molar-refractivity contribution in [3.05, 3.63) is 36.3 Å². The summed E-state index contributed by atoms with van der Waals surface area (Å²) in [5, 5.41) is 0.704. The minimum Gasteiger partial charge on any atom is -0.343 e. The van der Waals surface area contributed by atoms with Crippen LogP contribution in [-0.2, 0) is 11.3 Å². The lowest BCUT2D eigenvalue weighted by molar-refractivity contribution is -0.129. The Morgan fingerprint density at radius 1 is 1.09 bits per heavy atom. The third kappa shape index (κ3) is 3.88. The molecule has 0 bridgehead atoms. The Morgan fingerprint density at radius 3 is 2.48 bits per heavy atom. The van der Waals surface area contributed by atoms with Gasteiger partial charge in [-0.25, -0.2) is 19.7 Å². The van der Waals surface area contributed by atoms with Gasteiger partial charge in [0, 0.05) is 62.8 Å². The largest absolute Gasteiger partial charge is 0.343 e. The number of likely N-dealkylation sites (tertiary alicyclic amines) is 1. The van der Waals surface area contributed by atoms with Gasteiger partial charge >= 0.3 is 6.03 Å². The Hall–Kier alpha value is -3.27. The summed E-state index contributed by atoms with van der Waals surface area (Å²) < 4.78 is 0. The number of hydrogen-bond acceptors (Lipinski definition) is 7. The van der Waals surface area contributed by atoms with Crippen molar-refractivity contribution < 1.29 is 9.59 Å². The average molecular weight is 464 g/mol. The number of piperidine rings is 1. The molecule has 0 aromatic carbocycles. The zero-order valence-corrected chi connectivity index (χ0v) is 19.7. The van der Waals surface area contributed by atoms with E-state index in [1.807, 2.05) is 41.4 Å².